The minimum atomic E-state index is -0.286. The number of aryl methyl sites for hydroxylation is 1. The van der Waals surface area contributed by atoms with E-state index in [1.165, 1.54) is 22.2 Å². The maximum atomic E-state index is 12.8. The minimum absolute atomic E-state index is 0.0727. The van der Waals surface area contributed by atoms with Gasteiger partial charge in [-0.05, 0) is 25.3 Å². The summed E-state index contributed by atoms with van der Waals surface area (Å²) in [4.78, 5) is 44.4. The number of hydrogen-bond acceptors (Lipinski definition) is 5. The van der Waals surface area contributed by atoms with Crippen molar-refractivity contribution in [2.75, 3.05) is 20.1 Å². The minimum Gasteiger partial charge on any atom is -0.355 e. The molecule has 0 unspecified atom stereocenters. The summed E-state index contributed by atoms with van der Waals surface area (Å²) in [5, 5.41) is 3.17. The number of carbonyl (C=O) groups is 2. The molecule has 0 atom stereocenters. The second kappa shape index (κ2) is 8.93. The van der Waals surface area contributed by atoms with Crippen LogP contribution in [0, 0.1) is 6.92 Å². The summed E-state index contributed by atoms with van der Waals surface area (Å²) in [7, 11) is 1.77. The van der Waals surface area contributed by atoms with Gasteiger partial charge in [0.1, 0.15) is 11.4 Å². The van der Waals surface area contributed by atoms with E-state index in [1.54, 1.807) is 18.9 Å². The lowest BCUT2D eigenvalue weighted by Gasteiger charge is -2.16. The first kappa shape index (κ1) is 20.1. The number of hydrogen-bond donors (Lipinski definition) is 1. The molecule has 0 saturated carbocycles. The van der Waals surface area contributed by atoms with E-state index in [0.29, 0.717) is 33.7 Å². The first-order valence-electron chi connectivity index (χ1n) is 8.91. The largest absolute Gasteiger partial charge is 0.355 e. The molecular formula is C18H26N4O3S. The number of amides is 2. The van der Waals surface area contributed by atoms with Crippen LogP contribution in [0.5, 0.6) is 0 Å². The van der Waals surface area contributed by atoms with Crippen LogP contribution >= 0.6 is 11.3 Å². The Morgan fingerprint density at radius 1 is 1.31 bits per heavy atom. The Hall–Kier alpha value is -2.22. The third-order valence-corrected chi connectivity index (χ3v) is 5.38. The van der Waals surface area contributed by atoms with E-state index < -0.39 is 0 Å². The van der Waals surface area contributed by atoms with Gasteiger partial charge in [-0.1, -0.05) is 20.3 Å². The van der Waals surface area contributed by atoms with Crippen molar-refractivity contribution in [1.82, 2.24) is 19.8 Å². The number of fused-ring (bicyclic) bond motifs is 1. The summed E-state index contributed by atoms with van der Waals surface area (Å²) < 4.78 is 1.29. The van der Waals surface area contributed by atoms with Crippen molar-refractivity contribution in [2.24, 2.45) is 0 Å². The van der Waals surface area contributed by atoms with Crippen LogP contribution in [0.15, 0.2) is 11.1 Å². The predicted octanol–water partition coefficient (Wildman–Crippen LogP) is 2.16. The van der Waals surface area contributed by atoms with E-state index in [0.717, 1.165) is 19.3 Å². The summed E-state index contributed by atoms with van der Waals surface area (Å²) in [6, 6.07) is 0. The van der Waals surface area contributed by atoms with Gasteiger partial charge in [-0.3, -0.25) is 19.0 Å². The maximum Gasteiger partial charge on any atom is 0.264 e. The summed E-state index contributed by atoms with van der Waals surface area (Å²) >= 11 is 1.23. The van der Waals surface area contributed by atoms with Crippen LogP contribution in [0.1, 0.15) is 48.3 Å². The lowest BCUT2D eigenvalue weighted by Crippen LogP contribution is -2.32. The summed E-state index contributed by atoms with van der Waals surface area (Å²) in [6.45, 7) is 6.99. The van der Waals surface area contributed by atoms with Crippen molar-refractivity contribution in [2.45, 2.75) is 46.6 Å². The molecule has 0 radical (unpaired) electrons. The zero-order valence-corrected chi connectivity index (χ0v) is 16.6. The van der Waals surface area contributed by atoms with Crippen molar-refractivity contribution in [3.8, 4) is 0 Å². The van der Waals surface area contributed by atoms with Gasteiger partial charge < -0.3 is 10.2 Å². The van der Waals surface area contributed by atoms with E-state index in [1.807, 2.05) is 6.92 Å². The molecule has 0 saturated heterocycles. The highest BCUT2D eigenvalue weighted by molar-refractivity contribution is 7.20. The normalized spacial score (nSPS) is 10.9. The first-order chi connectivity index (χ1) is 12.4. The van der Waals surface area contributed by atoms with Gasteiger partial charge in [0.15, 0.2) is 0 Å². The summed E-state index contributed by atoms with van der Waals surface area (Å²) in [5.41, 5.74) is 0.352. The number of nitrogens with zero attached hydrogens (tertiary/aromatic N) is 3. The van der Waals surface area contributed by atoms with Gasteiger partial charge >= 0.3 is 0 Å². The summed E-state index contributed by atoms with van der Waals surface area (Å²) in [5.74, 6) is -0.316. The van der Waals surface area contributed by atoms with Gasteiger partial charge in [0, 0.05) is 20.1 Å². The molecule has 0 aliphatic heterocycles. The SMILES string of the molecule is CCCCN(C)C(=O)c1sc2ncn(CC(=O)NCCC)c(=O)c2c1C. The second-order valence-electron chi connectivity index (χ2n) is 6.34. The van der Waals surface area contributed by atoms with Crippen molar-refractivity contribution >= 4 is 33.4 Å². The van der Waals surface area contributed by atoms with Crippen LogP contribution in [0.3, 0.4) is 0 Å². The zero-order valence-electron chi connectivity index (χ0n) is 15.8. The van der Waals surface area contributed by atoms with Gasteiger partial charge in [-0.2, -0.15) is 0 Å². The molecule has 0 aliphatic rings. The fourth-order valence-corrected chi connectivity index (χ4v) is 3.75. The molecule has 26 heavy (non-hydrogen) atoms. The zero-order chi connectivity index (χ0) is 19.3. The fourth-order valence-electron chi connectivity index (χ4n) is 2.62. The third-order valence-electron chi connectivity index (χ3n) is 4.19. The van der Waals surface area contributed by atoms with Crippen molar-refractivity contribution in [3.63, 3.8) is 0 Å². The third kappa shape index (κ3) is 4.30. The molecule has 2 aromatic heterocycles. The van der Waals surface area contributed by atoms with Crippen LogP contribution in [0.25, 0.3) is 10.2 Å². The average Bonchev–Trinajstić information content (AvgIpc) is 2.96. The number of unbranched alkanes of at least 4 members (excludes halogenated alkanes) is 1. The Labute approximate surface area is 157 Å². The van der Waals surface area contributed by atoms with E-state index in [4.69, 9.17) is 0 Å². The van der Waals surface area contributed by atoms with Crippen LogP contribution in [0.4, 0.5) is 0 Å². The molecule has 2 rings (SSSR count). The van der Waals surface area contributed by atoms with Crippen LogP contribution in [0.2, 0.25) is 0 Å². The van der Waals surface area contributed by atoms with Gasteiger partial charge in [0.2, 0.25) is 5.91 Å². The Bertz CT molecular complexity index is 856. The Balaban J connectivity index is 2.33. The molecule has 7 nitrogen and oxygen atoms in total. The highest BCUT2D eigenvalue weighted by Gasteiger charge is 2.22. The van der Waals surface area contributed by atoms with E-state index in [-0.39, 0.29) is 23.9 Å². The molecule has 1 N–H and O–H groups in total. The number of carbonyl (C=O) groups excluding carboxylic acids is 2. The van der Waals surface area contributed by atoms with Gasteiger partial charge in [0.05, 0.1) is 16.6 Å². The molecular weight excluding hydrogens is 352 g/mol. The number of aromatic nitrogens is 2. The Morgan fingerprint density at radius 3 is 2.69 bits per heavy atom. The predicted molar refractivity (Wildman–Crippen MR) is 104 cm³/mol. The molecule has 0 spiro atoms. The van der Waals surface area contributed by atoms with Crippen LogP contribution < -0.4 is 10.9 Å². The second-order valence-corrected chi connectivity index (χ2v) is 7.34. The van der Waals surface area contributed by atoms with Gasteiger partial charge in [-0.15, -0.1) is 11.3 Å². The lowest BCUT2D eigenvalue weighted by atomic mass is 10.2. The standard InChI is InChI=1S/C18H26N4O3S/c1-5-7-9-21(4)18(25)15-12(3)14-16(26-15)20-11-22(17(14)24)10-13(23)19-8-6-2/h11H,5-10H2,1-4H3,(H,19,23). The molecule has 2 heterocycles. The molecule has 0 aliphatic carbocycles. The Morgan fingerprint density at radius 2 is 2.04 bits per heavy atom. The van der Waals surface area contributed by atoms with E-state index in [2.05, 4.69) is 17.2 Å². The molecule has 142 valence electrons. The van der Waals surface area contributed by atoms with Crippen molar-refractivity contribution in [3.05, 3.63) is 27.1 Å². The first-order valence-corrected chi connectivity index (χ1v) is 9.73. The maximum absolute atomic E-state index is 12.8. The highest BCUT2D eigenvalue weighted by Crippen LogP contribution is 2.27. The number of rotatable bonds is 8. The van der Waals surface area contributed by atoms with Crippen LogP contribution in [-0.4, -0.2) is 46.4 Å². The Kier molecular flexibility index (Phi) is 6.90. The van der Waals surface area contributed by atoms with Crippen molar-refractivity contribution in [1.29, 1.82) is 0 Å². The quantitative estimate of drug-likeness (QED) is 0.763. The molecule has 8 heteroatoms. The van der Waals surface area contributed by atoms with Crippen molar-refractivity contribution < 1.29 is 9.59 Å². The van der Waals surface area contributed by atoms with Crippen LogP contribution in [-0.2, 0) is 11.3 Å². The molecule has 2 amide bonds. The summed E-state index contributed by atoms with van der Waals surface area (Å²) in [6.07, 6.45) is 4.15. The van der Waals surface area contributed by atoms with Gasteiger partial charge in [0.25, 0.3) is 11.5 Å². The molecule has 0 fully saturated rings. The fraction of sp³-hybridized carbons (Fsp3) is 0.556. The lowest BCUT2D eigenvalue weighted by molar-refractivity contribution is -0.121. The molecule has 0 bridgehead atoms. The van der Waals surface area contributed by atoms with Gasteiger partial charge in [-0.25, -0.2) is 4.98 Å². The number of nitrogens with one attached hydrogen (secondary N) is 1. The monoisotopic (exact) mass is 378 g/mol. The van der Waals surface area contributed by atoms with E-state index >= 15 is 0 Å². The smallest absolute Gasteiger partial charge is 0.264 e. The molecule has 0 aromatic carbocycles. The highest BCUT2D eigenvalue weighted by atomic mass is 32.1. The number of thiophene rings is 1. The topological polar surface area (TPSA) is 84.3 Å². The van der Waals surface area contributed by atoms with E-state index in [9.17, 15) is 14.4 Å². The average molecular weight is 378 g/mol. The molecule has 2 aromatic rings.